The van der Waals surface area contributed by atoms with E-state index in [1.807, 2.05) is 20.0 Å². The van der Waals surface area contributed by atoms with E-state index in [0.717, 1.165) is 29.3 Å². The topological polar surface area (TPSA) is 37.8 Å². The van der Waals surface area contributed by atoms with Gasteiger partial charge >= 0.3 is 0 Å². The maximum absolute atomic E-state index is 4.48. The standard InChI is InChI=1S/C15H19N3/c1-4-5-12-6-8-13(9-7-12)14-10-15(16-3)18-11(2)17-14/h6-10H,4-5H2,1-3H3,(H,16,17,18). The summed E-state index contributed by atoms with van der Waals surface area (Å²) in [6.45, 7) is 4.11. The molecule has 0 saturated carbocycles. The average molecular weight is 241 g/mol. The van der Waals surface area contributed by atoms with Crippen molar-refractivity contribution in [2.24, 2.45) is 0 Å². The number of aryl methyl sites for hydroxylation is 2. The fraction of sp³-hybridized carbons (Fsp3) is 0.333. The first-order valence-electron chi connectivity index (χ1n) is 6.35. The molecule has 0 aliphatic heterocycles. The highest BCUT2D eigenvalue weighted by molar-refractivity contribution is 5.62. The molecule has 0 unspecified atom stereocenters. The smallest absolute Gasteiger partial charge is 0.130 e. The molecule has 0 fully saturated rings. The summed E-state index contributed by atoms with van der Waals surface area (Å²) in [7, 11) is 1.87. The predicted molar refractivity (Wildman–Crippen MR) is 75.7 cm³/mol. The molecule has 1 N–H and O–H groups in total. The highest BCUT2D eigenvalue weighted by Crippen LogP contribution is 2.20. The van der Waals surface area contributed by atoms with Crippen LogP contribution in [0.3, 0.4) is 0 Å². The summed E-state index contributed by atoms with van der Waals surface area (Å²) in [6.07, 6.45) is 2.31. The molecule has 1 heterocycles. The fourth-order valence-corrected chi connectivity index (χ4v) is 1.97. The number of nitrogens with one attached hydrogen (secondary N) is 1. The summed E-state index contributed by atoms with van der Waals surface area (Å²) < 4.78 is 0. The van der Waals surface area contributed by atoms with E-state index >= 15 is 0 Å². The third kappa shape index (κ3) is 2.86. The summed E-state index contributed by atoms with van der Waals surface area (Å²) in [5.41, 5.74) is 3.48. The highest BCUT2D eigenvalue weighted by Gasteiger charge is 2.03. The molecule has 0 amide bonds. The predicted octanol–water partition coefficient (Wildman–Crippen LogP) is 3.45. The Balaban J connectivity index is 2.33. The molecule has 0 aliphatic carbocycles. The molecule has 1 aromatic carbocycles. The van der Waals surface area contributed by atoms with Gasteiger partial charge in [0.2, 0.25) is 0 Å². The summed E-state index contributed by atoms with van der Waals surface area (Å²) in [6, 6.07) is 10.6. The molecule has 0 spiro atoms. The molecule has 2 aromatic rings. The molecule has 2 rings (SSSR count). The second-order valence-electron chi connectivity index (χ2n) is 4.38. The van der Waals surface area contributed by atoms with Crippen molar-refractivity contribution >= 4 is 5.82 Å². The largest absolute Gasteiger partial charge is 0.373 e. The minimum atomic E-state index is 0.787. The Morgan fingerprint density at radius 1 is 1.11 bits per heavy atom. The summed E-state index contributed by atoms with van der Waals surface area (Å²) >= 11 is 0. The number of anilines is 1. The van der Waals surface area contributed by atoms with Gasteiger partial charge in [-0.05, 0) is 18.9 Å². The van der Waals surface area contributed by atoms with Crippen molar-refractivity contribution in [3.8, 4) is 11.3 Å². The zero-order valence-corrected chi connectivity index (χ0v) is 11.2. The van der Waals surface area contributed by atoms with Crippen LogP contribution in [0.5, 0.6) is 0 Å². The number of benzene rings is 1. The molecule has 94 valence electrons. The van der Waals surface area contributed by atoms with Crippen LogP contribution in [-0.4, -0.2) is 17.0 Å². The molecule has 3 heteroatoms. The molecule has 0 aliphatic rings. The van der Waals surface area contributed by atoms with Gasteiger partial charge < -0.3 is 5.32 Å². The van der Waals surface area contributed by atoms with Crippen LogP contribution in [0.1, 0.15) is 24.7 Å². The van der Waals surface area contributed by atoms with Gasteiger partial charge in [0.05, 0.1) is 5.69 Å². The first kappa shape index (κ1) is 12.6. The van der Waals surface area contributed by atoms with E-state index in [9.17, 15) is 0 Å². The summed E-state index contributed by atoms with van der Waals surface area (Å²) in [4.78, 5) is 8.78. The van der Waals surface area contributed by atoms with Gasteiger partial charge in [0.15, 0.2) is 0 Å². The van der Waals surface area contributed by atoms with Crippen LogP contribution in [-0.2, 0) is 6.42 Å². The Hall–Kier alpha value is -1.90. The van der Waals surface area contributed by atoms with Crippen molar-refractivity contribution in [1.82, 2.24) is 9.97 Å². The third-order valence-electron chi connectivity index (χ3n) is 2.88. The lowest BCUT2D eigenvalue weighted by atomic mass is 10.1. The Morgan fingerprint density at radius 3 is 2.44 bits per heavy atom. The van der Waals surface area contributed by atoms with Gasteiger partial charge in [-0.25, -0.2) is 9.97 Å². The van der Waals surface area contributed by atoms with Gasteiger partial charge in [-0.15, -0.1) is 0 Å². The summed E-state index contributed by atoms with van der Waals surface area (Å²) in [5.74, 6) is 1.64. The monoisotopic (exact) mass is 241 g/mol. The second kappa shape index (κ2) is 5.63. The van der Waals surface area contributed by atoms with E-state index in [1.54, 1.807) is 0 Å². The molecule has 1 aromatic heterocycles. The summed E-state index contributed by atoms with van der Waals surface area (Å²) in [5, 5.41) is 3.06. The lowest BCUT2D eigenvalue weighted by molar-refractivity contribution is 0.922. The van der Waals surface area contributed by atoms with Crippen molar-refractivity contribution in [2.45, 2.75) is 26.7 Å². The maximum atomic E-state index is 4.48. The average Bonchev–Trinajstić information content (AvgIpc) is 2.39. The number of hydrogen-bond donors (Lipinski definition) is 1. The molecular formula is C15H19N3. The molecule has 0 atom stereocenters. The molecule has 0 saturated heterocycles. The number of hydrogen-bond acceptors (Lipinski definition) is 3. The minimum absolute atomic E-state index is 0.787. The van der Waals surface area contributed by atoms with E-state index in [0.29, 0.717) is 0 Å². The van der Waals surface area contributed by atoms with Crippen LogP contribution >= 0.6 is 0 Å². The van der Waals surface area contributed by atoms with Gasteiger partial charge in [0.1, 0.15) is 11.6 Å². The van der Waals surface area contributed by atoms with Crippen molar-refractivity contribution in [3.05, 3.63) is 41.7 Å². The van der Waals surface area contributed by atoms with E-state index in [1.165, 1.54) is 12.0 Å². The maximum Gasteiger partial charge on any atom is 0.130 e. The lowest BCUT2D eigenvalue weighted by Gasteiger charge is -2.06. The van der Waals surface area contributed by atoms with Crippen LogP contribution in [0.15, 0.2) is 30.3 Å². The molecule has 3 nitrogen and oxygen atoms in total. The first-order chi connectivity index (χ1) is 8.72. The van der Waals surface area contributed by atoms with Crippen molar-refractivity contribution in [3.63, 3.8) is 0 Å². The van der Waals surface area contributed by atoms with Crippen molar-refractivity contribution in [1.29, 1.82) is 0 Å². The van der Waals surface area contributed by atoms with Crippen LogP contribution in [0, 0.1) is 6.92 Å². The fourth-order valence-electron chi connectivity index (χ4n) is 1.97. The van der Waals surface area contributed by atoms with E-state index in [-0.39, 0.29) is 0 Å². The minimum Gasteiger partial charge on any atom is -0.373 e. The van der Waals surface area contributed by atoms with Crippen molar-refractivity contribution in [2.75, 3.05) is 12.4 Å². The van der Waals surface area contributed by atoms with Gasteiger partial charge in [0, 0.05) is 18.7 Å². The number of aromatic nitrogens is 2. The zero-order valence-electron chi connectivity index (χ0n) is 11.2. The third-order valence-corrected chi connectivity index (χ3v) is 2.88. The highest BCUT2D eigenvalue weighted by atomic mass is 15.0. The lowest BCUT2D eigenvalue weighted by Crippen LogP contribution is -1.98. The Kier molecular flexibility index (Phi) is 3.92. The van der Waals surface area contributed by atoms with Gasteiger partial charge in [0.25, 0.3) is 0 Å². The molecular weight excluding hydrogens is 222 g/mol. The van der Waals surface area contributed by atoms with Gasteiger partial charge in [-0.2, -0.15) is 0 Å². The number of rotatable bonds is 4. The second-order valence-corrected chi connectivity index (χ2v) is 4.38. The van der Waals surface area contributed by atoms with Crippen LogP contribution in [0.25, 0.3) is 11.3 Å². The van der Waals surface area contributed by atoms with Crippen LogP contribution < -0.4 is 5.32 Å². The number of nitrogens with zero attached hydrogens (tertiary/aromatic N) is 2. The van der Waals surface area contributed by atoms with Crippen LogP contribution in [0.4, 0.5) is 5.82 Å². The van der Waals surface area contributed by atoms with Gasteiger partial charge in [-0.3, -0.25) is 0 Å². The Morgan fingerprint density at radius 2 is 1.83 bits per heavy atom. The quantitative estimate of drug-likeness (QED) is 0.891. The molecule has 0 bridgehead atoms. The van der Waals surface area contributed by atoms with E-state index in [2.05, 4.69) is 46.5 Å². The SMILES string of the molecule is CCCc1ccc(-c2cc(NC)nc(C)n2)cc1. The van der Waals surface area contributed by atoms with E-state index < -0.39 is 0 Å². The van der Waals surface area contributed by atoms with E-state index in [4.69, 9.17) is 0 Å². The van der Waals surface area contributed by atoms with Gasteiger partial charge in [-0.1, -0.05) is 37.6 Å². The zero-order chi connectivity index (χ0) is 13.0. The van der Waals surface area contributed by atoms with Crippen LogP contribution in [0.2, 0.25) is 0 Å². The first-order valence-corrected chi connectivity index (χ1v) is 6.35. The normalized spacial score (nSPS) is 10.4. The Labute approximate surface area is 108 Å². The molecule has 0 radical (unpaired) electrons. The Bertz CT molecular complexity index is 518. The molecule has 18 heavy (non-hydrogen) atoms. The van der Waals surface area contributed by atoms with Crippen molar-refractivity contribution < 1.29 is 0 Å².